The van der Waals surface area contributed by atoms with Crippen molar-refractivity contribution in [2.75, 3.05) is 40.9 Å². The first-order valence-corrected chi connectivity index (χ1v) is 37.0. The second kappa shape index (κ2) is 65.1. The molecule has 9 nitrogen and oxygen atoms in total. The van der Waals surface area contributed by atoms with Crippen molar-refractivity contribution in [3.8, 4) is 0 Å². The third-order valence-electron chi connectivity index (χ3n) is 15.1. The first-order valence-electron chi connectivity index (χ1n) is 35.5. The van der Waals surface area contributed by atoms with E-state index in [0.717, 1.165) is 109 Å². The van der Waals surface area contributed by atoms with Crippen molar-refractivity contribution in [2.45, 2.75) is 303 Å². The molecule has 0 aromatic heterocycles. The van der Waals surface area contributed by atoms with Gasteiger partial charge in [0.2, 0.25) is 5.91 Å². The molecule has 0 aliphatic heterocycles. The highest BCUT2D eigenvalue weighted by Crippen LogP contribution is 2.38. The summed E-state index contributed by atoms with van der Waals surface area (Å²) in [6, 6.07) is -0.923. The lowest BCUT2D eigenvalue weighted by Crippen LogP contribution is -2.47. The molecule has 0 bridgehead atoms. The summed E-state index contributed by atoms with van der Waals surface area (Å²) in [4.78, 5) is 40.2. The molecule has 0 saturated carbocycles. The largest absolute Gasteiger partial charge is 0.756 e. The van der Waals surface area contributed by atoms with Crippen molar-refractivity contribution in [3.05, 3.63) is 134 Å². The van der Waals surface area contributed by atoms with Crippen LogP contribution in [-0.4, -0.2) is 69.4 Å². The van der Waals surface area contributed by atoms with E-state index in [1.165, 1.54) is 135 Å². The Bertz CT molecular complexity index is 1950. The molecule has 0 aromatic carbocycles. The maximum absolute atomic E-state index is 13.6. The van der Waals surface area contributed by atoms with Crippen LogP contribution >= 0.6 is 7.82 Å². The molecule has 1 N–H and O–H groups in total. The lowest BCUT2D eigenvalue weighted by atomic mass is 10.0. The van der Waals surface area contributed by atoms with Gasteiger partial charge in [0.15, 0.2) is 0 Å². The second-order valence-electron chi connectivity index (χ2n) is 24.6. The number of likely N-dealkylation sites (N-methyl/N-ethyl adjacent to an activating group) is 1. The minimum atomic E-state index is -4.73. The first kappa shape index (κ1) is 83.2. The summed E-state index contributed by atoms with van der Waals surface area (Å²) in [6.45, 7) is 6.67. The van der Waals surface area contributed by atoms with Gasteiger partial charge >= 0.3 is 5.97 Å². The normalized spacial score (nSPS) is 14.3. The number of carbonyl (C=O) groups excluding carboxylic acids is 2. The first-order chi connectivity index (χ1) is 42.4. The highest BCUT2D eigenvalue weighted by molar-refractivity contribution is 7.45. The van der Waals surface area contributed by atoms with E-state index in [2.05, 4.69) is 148 Å². The van der Waals surface area contributed by atoms with E-state index in [1.807, 2.05) is 33.3 Å². The Morgan fingerprint density at radius 1 is 0.414 bits per heavy atom. The van der Waals surface area contributed by atoms with Gasteiger partial charge in [-0.2, -0.15) is 0 Å². The van der Waals surface area contributed by atoms with Crippen molar-refractivity contribution in [2.24, 2.45) is 0 Å². The Balaban J connectivity index is 5.19. The number of ether oxygens (including phenoxy) is 1. The molecule has 87 heavy (non-hydrogen) atoms. The monoisotopic (exact) mass is 1230 g/mol. The van der Waals surface area contributed by atoms with Crippen LogP contribution in [-0.2, 0) is 27.9 Å². The number of carbonyl (C=O) groups is 2. The van der Waals surface area contributed by atoms with E-state index in [-0.39, 0.29) is 31.3 Å². The van der Waals surface area contributed by atoms with Crippen molar-refractivity contribution in [3.63, 3.8) is 0 Å². The molecular weight excluding hydrogens is 1100 g/mol. The van der Waals surface area contributed by atoms with Crippen molar-refractivity contribution in [1.29, 1.82) is 0 Å². The third kappa shape index (κ3) is 66.4. The summed E-state index contributed by atoms with van der Waals surface area (Å²) in [6.07, 6.45) is 92.9. The smallest absolute Gasteiger partial charge is 0.306 e. The quantitative estimate of drug-likeness (QED) is 0.0212. The minimum absolute atomic E-state index is 0.0381. The fourth-order valence-electron chi connectivity index (χ4n) is 9.63. The van der Waals surface area contributed by atoms with Crippen molar-refractivity contribution < 1.29 is 37.3 Å². The summed E-state index contributed by atoms with van der Waals surface area (Å²) < 4.78 is 30.4. The number of esters is 1. The molecule has 0 radical (unpaired) electrons. The van der Waals surface area contributed by atoms with Crippen LogP contribution in [0.15, 0.2) is 134 Å². The van der Waals surface area contributed by atoms with Gasteiger partial charge < -0.3 is 28.5 Å². The van der Waals surface area contributed by atoms with E-state index in [0.29, 0.717) is 23.9 Å². The topological polar surface area (TPSA) is 114 Å². The standard InChI is InChI=1S/C77H133N2O7P/c1-7-10-13-16-19-22-25-28-30-32-34-36-37-38-39-40-41-43-45-47-49-52-55-58-61-64-67-70-77(81)86-75(68-65-62-59-56-53-50-27-24-21-18-15-12-9-3)74(73-85-87(82,83)84-72-71-79(4,5)6)78-76(80)69-66-63-60-57-54-51-48-46-44-42-35-33-31-29-26-23-20-17-14-11-8-2/h11,14,19-20,22-23,28-31,34-36,38-39,42,46,48,54,57,65,68,74-75H,7-10,12-13,15-18,21,24-27,32-33,37,40-41,43-45,47,49-53,55-56,58-64,66-67,69-73H2,1-6H3,(H-,78,80,82,83)/b14-11-,22-19-,23-20-,30-28-,31-29-,36-34-,39-38-,42-35-,48-46-,57-54-,68-65-. The van der Waals surface area contributed by atoms with Crippen molar-refractivity contribution in [1.82, 2.24) is 5.32 Å². The Morgan fingerprint density at radius 3 is 1.14 bits per heavy atom. The number of phosphoric acid groups is 1. The number of nitrogens with one attached hydrogen (secondary N) is 1. The van der Waals surface area contributed by atoms with Gasteiger partial charge in [-0.15, -0.1) is 0 Å². The molecule has 0 aliphatic rings. The van der Waals surface area contributed by atoms with Gasteiger partial charge in [-0.1, -0.05) is 283 Å². The predicted molar refractivity (Wildman–Crippen MR) is 376 cm³/mol. The average molecular weight is 1230 g/mol. The molecule has 0 heterocycles. The van der Waals surface area contributed by atoms with E-state index in [4.69, 9.17) is 13.8 Å². The molecule has 0 aromatic rings. The van der Waals surface area contributed by atoms with Crippen LogP contribution < -0.4 is 10.2 Å². The van der Waals surface area contributed by atoms with Crippen LogP contribution in [0.2, 0.25) is 0 Å². The molecule has 10 heteroatoms. The minimum Gasteiger partial charge on any atom is -0.756 e. The van der Waals surface area contributed by atoms with Gasteiger partial charge in [0.25, 0.3) is 7.82 Å². The number of allylic oxidation sites excluding steroid dienone is 21. The average Bonchev–Trinajstić information content (AvgIpc) is 3.69. The zero-order valence-electron chi connectivity index (χ0n) is 56.9. The van der Waals surface area contributed by atoms with E-state index in [9.17, 15) is 19.0 Å². The fourth-order valence-corrected chi connectivity index (χ4v) is 10.3. The molecule has 0 saturated heterocycles. The molecular formula is C77H133N2O7P. The molecule has 498 valence electrons. The van der Waals surface area contributed by atoms with Gasteiger partial charge in [0, 0.05) is 12.8 Å². The predicted octanol–water partition coefficient (Wildman–Crippen LogP) is 22.2. The molecule has 0 spiro atoms. The van der Waals surface area contributed by atoms with Gasteiger partial charge in [0.1, 0.15) is 19.3 Å². The van der Waals surface area contributed by atoms with Crippen LogP contribution in [0, 0.1) is 0 Å². The number of unbranched alkanes of at least 4 members (excludes halogenated alkanes) is 27. The van der Waals surface area contributed by atoms with Gasteiger partial charge in [-0.05, 0) is 128 Å². The molecule has 3 atom stereocenters. The Morgan fingerprint density at radius 2 is 0.736 bits per heavy atom. The van der Waals surface area contributed by atoms with Gasteiger partial charge in [-0.3, -0.25) is 14.2 Å². The van der Waals surface area contributed by atoms with E-state index in [1.54, 1.807) is 0 Å². The fraction of sp³-hybridized carbons (Fsp3) is 0.688. The summed E-state index contributed by atoms with van der Waals surface area (Å²) in [5.74, 6) is -0.599. The number of hydrogen-bond acceptors (Lipinski definition) is 7. The molecule has 1 amide bonds. The van der Waals surface area contributed by atoms with Crippen LogP contribution in [0.1, 0.15) is 290 Å². The third-order valence-corrected chi connectivity index (χ3v) is 16.0. The lowest BCUT2D eigenvalue weighted by Gasteiger charge is -2.30. The maximum atomic E-state index is 13.6. The maximum Gasteiger partial charge on any atom is 0.306 e. The Kier molecular flexibility index (Phi) is 62.2. The van der Waals surface area contributed by atoms with Crippen LogP contribution in [0.25, 0.3) is 0 Å². The van der Waals surface area contributed by atoms with Crippen LogP contribution in [0.4, 0.5) is 0 Å². The highest BCUT2D eigenvalue weighted by atomic mass is 31.2. The SMILES string of the molecule is CC/C=C\C/C=C\C/C=C\C/C=C\C/C=C\C/C=C\CCCCC(=O)NC(COP(=O)([O-])OCC[N+](C)(C)C)C(/C=C\CCCCCCCCCCCCC)OC(=O)CCCCCCCCCCCCC/C=C\C/C=C\C/C=C\C/C=C\CCCCC. The number of hydrogen-bond donors (Lipinski definition) is 1. The second-order valence-corrected chi connectivity index (χ2v) is 26.1. The summed E-state index contributed by atoms with van der Waals surface area (Å²) >= 11 is 0. The zero-order valence-corrected chi connectivity index (χ0v) is 57.8. The van der Waals surface area contributed by atoms with Gasteiger partial charge in [-0.25, -0.2) is 0 Å². The Hall–Kier alpha value is -3.85. The number of quaternary nitrogens is 1. The van der Waals surface area contributed by atoms with Crippen LogP contribution in [0.5, 0.6) is 0 Å². The molecule has 0 fully saturated rings. The zero-order chi connectivity index (χ0) is 63.5. The van der Waals surface area contributed by atoms with Crippen LogP contribution in [0.3, 0.4) is 0 Å². The lowest BCUT2D eigenvalue weighted by molar-refractivity contribution is -0.870. The van der Waals surface area contributed by atoms with Gasteiger partial charge in [0.05, 0.1) is 33.8 Å². The number of rotatable bonds is 63. The molecule has 0 aliphatic carbocycles. The highest BCUT2D eigenvalue weighted by Gasteiger charge is 2.27. The summed E-state index contributed by atoms with van der Waals surface area (Å²) in [5, 5.41) is 3.01. The van der Waals surface area contributed by atoms with Crippen molar-refractivity contribution >= 4 is 19.7 Å². The number of phosphoric ester groups is 1. The summed E-state index contributed by atoms with van der Waals surface area (Å²) in [5.41, 5.74) is 0. The van der Waals surface area contributed by atoms with E-state index >= 15 is 0 Å². The number of amides is 1. The number of nitrogens with zero attached hydrogens (tertiary/aromatic N) is 1. The molecule has 3 unspecified atom stereocenters. The molecule has 0 rings (SSSR count). The van der Waals surface area contributed by atoms with E-state index < -0.39 is 26.6 Å². The summed E-state index contributed by atoms with van der Waals surface area (Å²) in [7, 11) is 1.14. The Labute approximate surface area is 536 Å².